The van der Waals surface area contributed by atoms with E-state index in [1.165, 1.54) is 19.3 Å². The number of urea groups is 1. The van der Waals surface area contributed by atoms with Gasteiger partial charge in [-0.2, -0.15) is 0 Å². The fourth-order valence-corrected chi connectivity index (χ4v) is 1.54. The third kappa shape index (κ3) is 4.51. The monoisotopic (exact) mass is 227 g/mol. The maximum absolute atomic E-state index is 11.3. The molecule has 0 saturated carbocycles. The maximum Gasteiger partial charge on any atom is 0.315 e. The van der Waals surface area contributed by atoms with E-state index in [4.69, 9.17) is 0 Å². The molecule has 0 aromatic carbocycles. The van der Waals surface area contributed by atoms with Crippen molar-refractivity contribution in [3.63, 3.8) is 0 Å². The lowest BCUT2D eigenvalue weighted by molar-refractivity contribution is -0.128. The van der Waals surface area contributed by atoms with Crippen molar-refractivity contribution in [3.05, 3.63) is 0 Å². The Labute approximate surface area is 96.4 Å². The number of hydrogen-bond donors (Lipinski definition) is 3. The van der Waals surface area contributed by atoms with Crippen molar-refractivity contribution >= 4 is 11.9 Å². The average molecular weight is 227 g/mol. The van der Waals surface area contributed by atoms with E-state index in [0.717, 1.165) is 12.8 Å². The molecule has 0 aliphatic carbocycles. The summed E-state index contributed by atoms with van der Waals surface area (Å²) < 4.78 is 0. The fourth-order valence-electron chi connectivity index (χ4n) is 1.54. The van der Waals surface area contributed by atoms with Crippen LogP contribution in [0.25, 0.3) is 0 Å². The van der Waals surface area contributed by atoms with Crippen molar-refractivity contribution in [1.82, 2.24) is 16.0 Å². The van der Waals surface area contributed by atoms with Crippen LogP contribution in [-0.4, -0.2) is 31.1 Å². The molecule has 0 aromatic heterocycles. The fraction of sp³-hybridized carbons (Fsp3) is 0.818. The molecular weight excluding hydrogens is 206 g/mol. The summed E-state index contributed by atoms with van der Waals surface area (Å²) in [4.78, 5) is 22.1. The van der Waals surface area contributed by atoms with Gasteiger partial charge in [-0.05, 0) is 6.42 Å². The van der Waals surface area contributed by atoms with Gasteiger partial charge in [0, 0.05) is 13.1 Å². The average Bonchev–Trinajstić information content (AvgIpc) is 2.28. The zero-order valence-corrected chi connectivity index (χ0v) is 9.84. The predicted molar refractivity (Wildman–Crippen MR) is 62.1 cm³/mol. The van der Waals surface area contributed by atoms with Crippen LogP contribution < -0.4 is 16.0 Å². The number of nitrogens with one attached hydrogen (secondary N) is 3. The van der Waals surface area contributed by atoms with Gasteiger partial charge in [0.25, 0.3) is 0 Å². The summed E-state index contributed by atoms with van der Waals surface area (Å²) >= 11 is 0. The molecule has 1 saturated heterocycles. The standard InChI is InChI=1S/C11H21N3O2/c1-2-3-4-5-6-7-12-11(16)14-9-8-13-10(9)15/h9H,2-8H2,1H3,(H,13,15)(H2,12,14,16)/t9-/m0/s1. The highest BCUT2D eigenvalue weighted by molar-refractivity contribution is 5.91. The molecule has 1 heterocycles. The number of β-lactam (4-membered cyclic amide) rings is 1. The highest BCUT2D eigenvalue weighted by Gasteiger charge is 2.28. The molecule has 1 aliphatic heterocycles. The highest BCUT2D eigenvalue weighted by atomic mass is 16.2. The van der Waals surface area contributed by atoms with Gasteiger partial charge in [-0.15, -0.1) is 0 Å². The lowest BCUT2D eigenvalue weighted by Gasteiger charge is -2.26. The Balaban J connectivity index is 1.92. The summed E-state index contributed by atoms with van der Waals surface area (Å²) in [6.45, 7) is 3.40. The molecule has 5 nitrogen and oxygen atoms in total. The summed E-state index contributed by atoms with van der Waals surface area (Å²) in [5.74, 6) is -0.0990. The summed E-state index contributed by atoms with van der Waals surface area (Å²) in [6, 6.07) is -0.574. The van der Waals surface area contributed by atoms with Crippen molar-refractivity contribution in [2.75, 3.05) is 13.1 Å². The van der Waals surface area contributed by atoms with Crippen molar-refractivity contribution in [1.29, 1.82) is 0 Å². The summed E-state index contributed by atoms with van der Waals surface area (Å²) in [5.41, 5.74) is 0. The van der Waals surface area contributed by atoms with Gasteiger partial charge in [-0.25, -0.2) is 4.79 Å². The second-order valence-corrected chi connectivity index (χ2v) is 4.11. The Morgan fingerprint density at radius 2 is 2.12 bits per heavy atom. The van der Waals surface area contributed by atoms with E-state index in [1.54, 1.807) is 0 Å². The van der Waals surface area contributed by atoms with E-state index in [-0.39, 0.29) is 18.0 Å². The number of hydrogen-bond acceptors (Lipinski definition) is 2. The molecule has 1 rings (SSSR count). The zero-order chi connectivity index (χ0) is 11.8. The molecule has 1 fully saturated rings. The first-order valence-electron chi connectivity index (χ1n) is 6.06. The number of carbonyl (C=O) groups is 2. The first-order valence-corrected chi connectivity index (χ1v) is 6.06. The van der Waals surface area contributed by atoms with E-state index in [0.29, 0.717) is 13.1 Å². The Morgan fingerprint density at radius 1 is 1.38 bits per heavy atom. The first kappa shape index (κ1) is 12.8. The largest absolute Gasteiger partial charge is 0.352 e. The first-order chi connectivity index (χ1) is 7.74. The lowest BCUT2D eigenvalue weighted by atomic mass is 10.1. The van der Waals surface area contributed by atoms with Crippen LogP contribution in [0.1, 0.15) is 39.0 Å². The van der Waals surface area contributed by atoms with Crippen LogP contribution in [0.5, 0.6) is 0 Å². The summed E-state index contributed by atoms with van der Waals surface area (Å²) in [6.07, 6.45) is 5.87. The van der Waals surface area contributed by atoms with Gasteiger partial charge in [0.15, 0.2) is 0 Å². The molecule has 1 atom stereocenters. The van der Waals surface area contributed by atoms with Gasteiger partial charge in [0.2, 0.25) is 5.91 Å². The molecule has 0 radical (unpaired) electrons. The smallest absolute Gasteiger partial charge is 0.315 e. The van der Waals surface area contributed by atoms with Crippen molar-refractivity contribution in [2.24, 2.45) is 0 Å². The number of rotatable bonds is 7. The van der Waals surface area contributed by atoms with Crippen LogP contribution in [-0.2, 0) is 4.79 Å². The van der Waals surface area contributed by atoms with Crippen molar-refractivity contribution in [2.45, 2.75) is 45.1 Å². The van der Waals surface area contributed by atoms with Gasteiger partial charge < -0.3 is 16.0 Å². The Morgan fingerprint density at radius 3 is 2.69 bits per heavy atom. The molecule has 0 aromatic rings. The van der Waals surface area contributed by atoms with E-state index in [9.17, 15) is 9.59 Å². The summed E-state index contributed by atoms with van der Waals surface area (Å²) in [7, 11) is 0. The number of unbranched alkanes of at least 4 members (excludes halogenated alkanes) is 4. The van der Waals surface area contributed by atoms with Gasteiger partial charge in [0.05, 0.1) is 0 Å². The third-order valence-electron chi connectivity index (χ3n) is 2.67. The molecule has 0 spiro atoms. The molecule has 1 aliphatic rings. The Kier molecular flexibility index (Phi) is 5.67. The molecule has 92 valence electrons. The second kappa shape index (κ2) is 7.09. The molecule has 3 N–H and O–H groups in total. The van der Waals surface area contributed by atoms with E-state index in [1.807, 2.05) is 0 Å². The van der Waals surface area contributed by atoms with Gasteiger partial charge in [0.1, 0.15) is 6.04 Å². The predicted octanol–water partition coefficient (Wildman–Crippen LogP) is 0.754. The normalized spacial score (nSPS) is 18.6. The summed E-state index contributed by atoms with van der Waals surface area (Å²) in [5, 5.41) is 7.93. The quantitative estimate of drug-likeness (QED) is 0.444. The van der Waals surface area contributed by atoms with Crippen LogP contribution >= 0.6 is 0 Å². The zero-order valence-electron chi connectivity index (χ0n) is 9.84. The molecular formula is C11H21N3O2. The Hall–Kier alpha value is -1.26. The lowest BCUT2D eigenvalue weighted by Crippen LogP contribution is -2.63. The van der Waals surface area contributed by atoms with Gasteiger partial charge in [-0.1, -0.05) is 32.6 Å². The minimum absolute atomic E-state index is 0.0990. The maximum atomic E-state index is 11.3. The van der Waals surface area contributed by atoms with E-state index in [2.05, 4.69) is 22.9 Å². The SMILES string of the molecule is CCCCCCCNC(=O)N[C@H]1CNC1=O. The van der Waals surface area contributed by atoms with Crippen molar-refractivity contribution < 1.29 is 9.59 Å². The molecule has 5 heteroatoms. The molecule has 0 unspecified atom stereocenters. The van der Waals surface area contributed by atoms with Crippen LogP contribution in [0.15, 0.2) is 0 Å². The third-order valence-corrected chi connectivity index (χ3v) is 2.67. The minimum atomic E-state index is -0.333. The van der Waals surface area contributed by atoms with Crippen LogP contribution in [0.4, 0.5) is 4.79 Å². The van der Waals surface area contributed by atoms with Crippen LogP contribution in [0, 0.1) is 0 Å². The van der Waals surface area contributed by atoms with Gasteiger partial charge >= 0.3 is 6.03 Å². The van der Waals surface area contributed by atoms with E-state index >= 15 is 0 Å². The minimum Gasteiger partial charge on any atom is -0.352 e. The second-order valence-electron chi connectivity index (χ2n) is 4.11. The van der Waals surface area contributed by atoms with E-state index < -0.39 is 0 Å². The highest BCUT2D eigenvalue weighted by Crippen LogP contribution is 2.01. The number of amides is 3. The molecule has 3 amide bonds. The molecule has 16 heavy (non-hydrogen) atoms. The molecule has 0 bridgehead atoms. The Bertz CT molecular complexity index is 243. The van der Waals surface area contributed by atoms with Crippen LogP contribution in [0.2, 0.25) is 0 Å². The van der Waals surface area contributed by atoms with Gasteiger partial charge in [-0.3, -0.25) is 4.79 Å². The van der Waals surface area contributed by atoms with Crippen molar-refractivity contribution in [3.8, 4) is 0 Å². The van der Waals surface area contributed by atoms with Crippen LogP contribution in [0.3, 0.4) is 0 Å². The topological polar surface area (TPSA) is 70.2 Å². The number of carbonyl (C=O) groups excluding carboxylic acids is 2.